The number of anilines is 4. The van der Waals surface area contributed by atoms with Crippen LogP contribution in [0.15, 0.2) is 30.5 Å². The molecule has 17 nitrogen and oxygen atoms in total. The van der Waals surface area contributed by atoms with Gasteiger partial charge in [-0.2, -0.15) is 4.37 Å². The van der Waals surface area contributed by atoms with Crippen LogP contribution in [0.3, 0.4) is 0 Å². The number of carbonyl (C=O) groups excluding carboxylic acids is 6. The van der Waals surface area contributed by atoms with E-state index < -0.39 is 41.7 Å². The molecule has 1 aromatic carbocycles. The molecule has 5 N–H and O–H groups in total. The minimum Gasteiger partial charge on any atom is -0.450 e. The molecule has 0 saturated carbocycles. The molecule has 3 aromatic rings. The van der Waals surface area contributed by atoms with Crippen molar-refractivity contribution >= 4 is 69.5 Å². The van der Waals surface area contributed by atoms with Crippen molar-refractivity contribution in [1.82, 2.24) is 29.9 Å². The number of hydrogen-bond donors (Lipinski definition) is 4. The van der Waals surface area contributed by atoms with Crippen LogP contribution in [0.2, 0.25) is 0 Å². The van der Waals surface area contributed by atoms with Crippen molar-refractivity contribution in [3.8, 4) is 0 Å². The number of carbonyl (C=O) groups is 6. The topological polar surface area (TPSA) is 222 Å². The predicted molar refractivity (Wildman–Crippen MR) is 193 cm³/mol. The summed E-state index contributed by atoms with van der Waals surface area (Å²) in [7, 11) is 0. The second-order valence-corrected chi connectivity index (χ2v) is 14.5. The predicted octanol–water partition coefficient (Wildman–Crippen LogP) is 2.49. The van der Waals surface area contributed by atoms with E-state index in [2.05, 4.69) is 35.2 Å². The molecule has 0 radical (unpaired) electrons. The summed E-state index contributed by atoms with van der Waals surface area (Å²) in [6.07, 6.45) is 5.25. The Balaban J connectivity index is 0.863. The highest BCUT2D eigenvalue weighted by atomic mass is 32.1. The first-order chi connectivity index (χ1) is 25.5. The average Bonchev–Trinajstić information content (AvgIpc) is 3.66. The number of nitrogens with zero attached hydrogens (tertiary/aromatic N) is 6. The number of benzene rings is 1. The van der Waals surface area contributed by atoms with E-state index in [1.807, 2.05) is 24.0 Å². The van der Waals surface area contributed by atoms with Gasteiger partial charge in [-0.05, 0) is 87.2 Å². The van der Waals surface area contributed by atoms with E-state index >= 15 is 0 Å². The van der Waals surface area contributed by atoms with Crippen molar-refractivity contribution in [2.45, 2.75) is 64.0 Å². The summed E-state index contributed by atoms with van der Waals surface area (Å²) in [6.45, 7) is 4.81. The molecule has 18 heteroatoms. The highest BCUT2D eigenvalue weighted by Crippen LogP contribution is 2.33. The Labute approximate surface area is 308 Å². The maximum absolute atomic E-state index is 13.3. The quantitative estimate of drug-likeness (QED) is 0.220. The Morgan fingerprint density at radius 3 is 2.55 bits per heavy atom. The van der Waals surface area contributed by atoms with Gasteiger partial charge in [0.15, 0.2) is 11.5 Å². The van der Waals surface area contributed by atoms with Gasteiger partial charge in [-0.3, -0.25) is 34.2 Å². The molecule has 4 aliphatic heterocycles. The number of hydrogen-bond acceptors (Lipinski definition) is 14. The lowest BCUT2D eigenvalue weighted by Crippen LogP contribution is -2.54. The molecule has 278 valence electrons. The number of alkyl carbamates (subject to hydrolysis) is 1. The molecule has 1 unspecified atom stereocenters. The van der Waals surface area contributed by atoms with Crippen LogP contribution >= 0.6 is 11.5 Å². The number of aryl methyl sites for hydroxylation is 1. The van der Waals surface area contributed by atoms with Crippen LogP contribution in [0.25, 0.3) is 0 Å². The van der Waals surface area contributed by atoms with E-state index in [-0.39, 0.29) is 48.1 Å². The van der Waals surface area contributed by atoms with Crippen molar-refractivity contribution in [2.75, 3.05) is 47.9 Å². The van der Waals surface area contributed by atoms with Crippen LogP contribution in [0.4, 0.5) is 27.1 Å². The summed E-state index contributed by atoms with van der Waals surface area (Å²) in [6, 6.07) is 5.84. The average molecular weight is 745 g/mol. The van der Waals surface area contributed by atoms with Gasteiger partial charge >= 0.3 is 6.09 Å². The largest absolute Gasteiger partial charge is 0.450 e. The van der Waals surface area contributed by atoms with E-state index in [1.54, 1.807) is 12.1 Å². The second-order valence-electron chi connectivity index (χ2n) is 13.7. The molecular formula is C35H40N10O7S. The van der Waals surface area contributed by atoms with Gasteiger partial charge in [0.25, 0.3) is 17.7 Å². The summed E-state index contributed by atoms with van der Waals surface area (Å²) in [5, 5.41) is 9.01. The van der Waals surface area contributed by atoms with E-state index in [0.29, 0.717) is 36.2 Å². The lowest BCUT2D eigenvalue weighted by atomic mass is 9.93. The Kier molecular flexibility index (Phi) is 10.2. The van der Waals surface area contributed by atoms with Gasteiger partial charge in [-0.15, -0.1) is 0 Å². The number of fused-ring (bicyclic) bond motifs is 1. The number of imide groups is 2. The van der Waals surface area contributed by atoms with Crippen molar-refractivity contribution in [3.05, 3.63) is 53.0 Å². The van der Waals surface area contributed by atoms with Crippen LogP contribution in [-0.2, 0) is 14.3 Å². The maximum atomic E-state index is 13.3. The fourth-order valence-electron chi connectivity index (χ4n) is 7.30. The Hall–Kier alpha value is -5.65. The van der Waals surface area contributed by atoms with E-state index in [1.165, 1.54) is 17.7 Å². The second kappa shape index (κ2) is 15.1. The fraction of sp³-hybridized carbons (Fsp3) is 0.457. The molecule has 6 amide bonds. The van der Waals surface area contributed by atoms with E-state index in [0.717, 1.165) is 55.1 Å². The van der Waals surface area contributed by atoms with Crippen LogP contribution in [0, 0.1) is 12.8 Å². The van der Waals surface area contributed by atoms with Crippen molar-refractivity contribution in [1.29, 1.82) is 0 Å². The van der Waals surface area contributed by atoms with E-state index in [4.69, 9.17) is 10.5 Å². The third kappa shape index (κ3) is 7.77. The summed E-state index contributed by atoms with van der Waals surface area (Å²) < 4.78 is 9.82. The molecule has 3 saturated heterocycles. The van der Waals surface area contributed by atoms with E-state index in [9.17, 15) is 28.8 Å². The minimum absolute atomic E-state index is 0.0261. The van der Waals surface area contributed by atoms with Gasteiger partial charge in [-0.1, -0.05) is 0 Å². The lowest BCUT2D eigenvalue weighted by Gasteiger charge is -2.34. The third-order valence-electron chi connectivity index (χ3n) is 10.1. The van der Waals surface area contributed by atoms with Crippen LogP contribution in [-0.4, -0.2) is 99.7 Å². The zero-order valence-corrected chi connectivity index (χ0v) is 29.9. The van der Waals surface area contributed by atoms with Crippen molar-refractivity contribution < 1.29 is 33.5 Å². The minimum atomic E-state index is -1.000. The number of nitrogens with one attached hydrogen (secondary N) is 3. The third-order valence-corrected chi connectivity index (χ3v) is 10.9. The fourth-order valence-corrected chi connectivity index (χ4v) is 7.96. The molecule has 0 aliphatic carbocycles. The molecule has 3 fully saturated rings. The summed E-state index contributed by atoms with van der Waals surface area (Å²) in [5.41, 5.74) is 7.74. The number of aromatic nitrogens is 3. The Morgan fingerprint density at radius 1 is 1.02 bits per heavy atom. The van der Waals surface area contributed by atoms with Crippen molar-refractivity contribution in [3.63, 3.8) is 0 Å². The monoisotopic (exact) mass is 744 g/mol. The SMILES string of the molecule is Cc1cc(Nc2nc(N3CCC[C@@H](NC(=O)OCCC4CCN(c5ccc6c(c5)C(=O)N(C5CCC(=O)NC5=O)C6=O)CC4)C3)cnc2C(N)=O)sn1. The first-order valence-corrected chi connectivity index (χ1v) is 18.5. The van der Waals surface area contributed by atoms with Gasteiger partial charge in [0.1, 0.15) is 16.9 Å². The van der Waals surface area contributed by atoms with Crippen molar-refractivity contribution in [2.24, 2.45) is 11.7 Å². The number of nitrogens with two attached hydrogens (primary N) is 1. The molecule has 0 bridgehead atoms. The molecule has 6 heterocycles. The van der Waals surface area contributed by atoms with Crippen LogP contribution in [0.5, 0.6) is 0 Å². The number of rotatable bonds is 10. The Morgan fingerprint density at radius 2 is 1.81 bits per heavy atom. The highest BCUT2D eigenvalue weighted by molar-refractivity contribution is 7.10. The standard InChI is InChI=1S/C35H40N10O7S/c1-19-15-28(53-42-19)41-31-29(30(36)47)37-17-26(39-31)44-11-2-3-21(18-44)38-35(51)52-14-10-20-8-12-43(13-9-20)22-4-5-23-24(16-22)34(50)45(33(23)49)25-6-7-27(46)40-32(25)48/h4-5,15-17,20-21,25H,2-3,6-14,18H2,1H3,(H2,36,47)(H,38,51)(H,39,41)(H,40,46,48)/t21-,25?/m1/s1. The molecular weight excluding hydrogens is 705 g/mol. The number of amides is 6. The van der Waals surface area contributed by atoms with Crippen LogP contribution in [0.1, 0.15) is 81.8 Å². The van der Waals surface area contributed by atoms with Gasteiger partial charge in [0, 0.05) is 44.3 Å². The van der Waals surface area contributed by atoms with Crippen LogP contribution < -0.4 is 31.5 Å². The molecule has 7 rings (SSSR count). The maximum Gasteiger partial charge on any atom is 0.407 e. The van der Waals surface area contributed by atoms with Gasteiger partial charge in [-0.25, -0.2) is 14.8 Å². The zero-order valence-electron chi connectivity index (χ0n) is 29.1. The highest BCUT2D eigenvalue weighted by Gasteiger charge is 2.45. The number of piperidine rings is 3. The Bertz CT molecular complexity index is 1960. The molecule has 0 spiro atoms. The van der Waals surface area contributed by atoms with Gasteiger partial charge in [0.05, 0.1) is 29.6 Å². The first kappa shape index (κ1) is 35.7. The smallest absolute Gasteiger partial charge is 0.407 e. The molecule has 4 aliphatic rings. The normalized spacial score (nSPS) is 20.7. The molecule has 53 heavy (non-hydrogen) atoms. The molecule has 2 aromatic heterocycles. The first-order valence-electron chi connectivity index (χ1n) is 17.7. The number of primary amides is 1. The molecule has 2 atom stereocenters. The zero-order chi connectivity index (χ0) is 37.2. The lowest BCUT2D eigenvalue weighted by molar-refractivity contribution is -0.136. The summed E-state index contributed by atoms with van der Waals surface area (Å²) in [5.74, 6) is -1.64. The number of ether oxygens (including phenoxy) is 1. The van der Waals surface area contributed by atoms with Gasteiger partial charge in [0.2, 0.25) is 11.8 Å². The summed E-state index contributed by atoms with van der Waals surface area (Å²) >= 11 is 1.24. The summed E-state index contributed by atoms with van der Waals surface area (Å²) in [4.78, 5) is 89.1. The van der Waals surface area contributed by atoms with Gasteiger partial charge < -0.3 is 30.9 Å².